The molecule has 0 radical (unpaired) electrons. The summed E-state index contributed by atoms with van der Waals surface area (Å²) >= 11 is 0. The van der Waals surface area contributed by atoms with E-state index in [4.69, 9.17) is 9.47 Å². The zero-order valence-corrected chi connectivity index (χ0v) is 16.4. The number of aromatic nitrogens is 1. The standard InChI is InChI=1S/C20H23N3O4S/c24-28(25,23-11-3-4-12-23)16-6-8-19(21-14-16)22-15-5-7-17-18(13-15)27-20(26-17)9-1-2-10-20/h5-8,13-14H,1-4,9-12H2,(H,21,22). The minimum atomic E-state index is -3.44. The van der Waals surface area contributed by atoms with Crippen LogP contribution in [-0.2, 0) is 10.0 Å². The smallest absolute Gasteiger partial charge is 0.251 e. The lowest BCUT2D eigenvalue weighted by Crippen LogP contribution is -2.34. The number of anilines is 2. The molecular weight excluding hydrogens is 378 g/mol. The van der Waals surface area contributed by atoms with Gasteiger partial charge in [0.25, 0.3) is 5.79 Å². The number of ether oxygens (including phenoxy) is 2. The van der Waals surface area contributed by atoms with Crippen LogP contribution in [0.5, 0.6) is 11.5 Å². The maximum absolute atomic E-state index is 12.6. The number of sulfonamides is 1. The Morgan fingerprint density at radius 3 is 2.43 bits per heavy atom. The van der Waals surface area contributed by atoms with Gasteiger partial charge in [0.05, 0.1) is 0 Å². The van der Waals surface area contributed by atoms with Gasteiger partial charge in [0, 0.05) is 43.9 Å². The van der Waals surface area contributed by atoms with Crippen LogP contribution >= 0.6 is 0 Å². The fraction of sp³-hybridized carbons (Fsp3) is 0.450. The van der Waals surface area contributed by atoms with Crippen molar-refractivity contribution in [1.82, 2.24) is 9.29 Å². The van der Waals surface area contributed by atoms with Crippen molar-refractivity contribution in [1.29, 1.82) is 0 Å². The van der Waals surface area contributed by atoms with Crippen LogP contribution < -0.4 is 14.8 Å². The van der Waals surface area contributed by atoms with Gasteiger partial charge in [-0.2, -0.15) is 4.31 Å². The minimum absolute atomic E-state index is 0.230. The summed E-state index contributed by atoms with van der Waals surface area (Å²) in [7, 11) is -3.44. The van der Waals surface area contributed by atoms with Gasteiger partial charge in [0.2, 0.25) is 10.0 Å². The molecule has 1 saturated carbocycles. The highest BCUT2D eigenvalue weighted by molar-refractivity contribution is 7.89. The molecule has 5 rings (SSSR count). The lowest BCUT2D eigenvalue weighted by Gasteiger charge is -2.21. The molecule has 1 aromatic carbocycles. The van der Waals surface area contributed by atoms with E-state index in [9.17, 15) is 8.42 Å². The van der Waals surface area contributed by atoms with Crippen molar-refractivity contribution in [3.8, 4) is 11.5 Å². The van der Waals surface area contributed by atoms with Crippen LogP contribution in [0, 0.1) is 0 Å². The maximum Gasteiger partial charge on any atom is 0.251 e. The van der Waals surface area contributed by atoms with Crippen molar-refractivity contribution in [2.45, 2.75) is 49.2 Å². The molecule has 7 nitrogen and oxygen atoms in total. The summed E-state index contributed by atoms with van der Waals surface area (Å²) in [6.45, 7) is 1.17. The number of benzene rings is 1. The molecule has 2 aromatic rings. The van der Waals surface area contributed by atoms with Gasteiger partial charge >= 0.3 is 0 Å². The zero-order valence-electron chi connectivity index (χ0n) is 15.6. The average Bonchev–Trinajstić information content (AvgIpc) is 3.43. The van der Waals surface area contributed by atoms with Crippen molar-refractivity contribution in [3.63, 3.8) is 0 Å². The van der Waals surface area contributed by atoms with Crippen LogP contribution in [0.15, 0.2) is 41.4 Å². The van der Waals surface area contributed by atoms with E-state index < -0.39 is 15.8 Å². The monoisotopic (exact) mass is 401 g/mol. The van der Waals surface area contributed by atoms with Crippen LogP contribution in [0.25, 0.3) is 0 Å². The first-order chi connectivity index (χ1) is 13.5. The van der Waals surface area contributed by atoms with Gasteiger partial charge in [-0.15, -0.1) is 0 Å². The summed E-state index contributed by atoms with van der Waals surface area (Å²) in [5.74, 6) is 1.60. The molecule has 1 spiro atoms. The molecule has 0 unspecified atom stereocenters. The van der Waals surface area contributed by atoms with Crippen molar-refractivity contribution < 1.29 is 17.9 Å². The molecule has 1 aliphatic carbocycles. The van der Waals surface area contributed by atoms with Crippen LogP contribution in [0.3, 0.4) is 0 Å². The second kappa shape index (κ2) is 6.63. The van der Waals surface area contributed by atoms with Gasteiger partial charge in [0.1, 0.15) is 10.7 Å². The number of hydrogen-bond donors (Lipinski definition) is 1. The Morgan fingerprint density at radius 2 is 1.71 bits per heavy atom. The van der Waals surface area contributed by atoms with E-state index in [0.717, 1.165) is 55.7 Å². The molecule has 1 aromatic heterocycles. The minimum Gasteiger partial charge on any atom is -0.448 e. The summed E-state index contributed by atoms with van der Waals surface area (Å²) in [4.78, 5) is 4.52. The first-order valence-corrected chi connectivity index (χ1v) is 11.2. The lowest BCUT2D eigenvalue weighted by atomic mass is 10.2. The summed E-state index contributed by atoms with van der Waals surface area (Å²) < 4.78 is 38.8. The zero-order chi connectivity index (χ0) is 19.2. The third kappa shape index (κ3) is 3.10. The van der Waals surface area contributed by atoms with E-state index in [1.54, 1.807) is 12.1 Å². The molecule has 3 aliphatic rings. The third-order valence-electron chi connectivity index (χ3n) is 5.61. The lowest BCUT2D eigenvalue weighted by molar-refractivity contribution is -0.0716. The average molecular weight is 401 g/mol. The van der Waals surface area contributed by atoms with Crippen LogP contribution in [0.1, 0.15) is 38.5 Å². The normalized spacial score (nSPS) is 20.7. The van der Waals surface area contributed by atoms with E-state index in [0.29, 0.717) is 18.9 Å². The fourth-order valence-electron chi connectivity index (χ4n) is 4.12. The number of hydrogen-bond acceptors (Lipinski definition) is 6. The van der Waals surface area contributed by atoms with Crippen molar-refractivity contribution in [3.05, 3.63) is 36.5 Å². The number of rotatable bonds is 4. The number of fused-ring (bicyclic) bond motifs is 1. The molecule has 0 atom stereocenters. The van der Waals surface area contributed by atoms with Crippen LogP contribution in [0.2, 0.25) is 0 Å². The number of pyridine rings is 1. The molecule has 3 heterocycles. The summed E-state index contributed by atoms with van der Waals surface area (Å²) in [6, 6.07) is 9.00. The van der Waals surface area contributed by atoms with Crippen molar-refractivity contribution in [2.24, 2.45) is 0 Å². The van der Waals surface area contributed by atoms with Gasteiger partial charge < -0.3 is 14.8 Å². The van der Waals surface area contributed by atoms with Gasteiger partial charge in [-0.3, -0.25) is 0 Å². The molecule has 2 aliphatic heterocycles. The second-order valence-corrected chi connectivity index (χ2v) is 9.54. The first kappa shape index (κ1) is 17.8. The van der Waals surface area contributed by atoms with Gasteiger partial charge in [-0.05, 0) is 49.9 Å². The quantitative estimate of drug-likeness (QED) is 0.842. The summed E-state index contributed by atoms with van der Waals surface area (Å²) in [5, 5.41) is 3.21. The molecule has 0 amide bonds. The second-order valence-electron chi connectivity index (χ2n) is 7.60. The fourth-order valence-corrected chi connectivity index (χ4v) is 5.58. The van der Waals surface area contributed by atoms with E-state index in [1.165, 1.54) is 10.5 Å². The Kier molecular flexibility index (Phi) is 4.21. The molecule has 148 valence electrons. The van der Waals surface area contributed by atoms with E-state index in [-0.39, 0.29) is 4.90 Å². The Balaban J connectivity index is 1.31. The number of nitrogens with one attached hydrogen (secondary N) is 1. The van der Waals surface area contributed by atoms with Crippen LogP contribution in [-0.4, -0.2) is 36.6 Å². The Labute approximate surface area is 164 Å². The van der Waals surface area contributed by atoms with E-state index in [1.807, 2.05) is 18.2 Å². The molecule has 2 fully saturated rings. The van der Waals surface area contributed by atoms with E-state index >= 15 is 0 Å². The van der Waals surface area contributed by atoms with Gasteiger partial charge in [-0.1, -0.05) is 0 Å². The molecule has 8 heteroatoms. The first-order valence-electron chi connectivity index (χ1n) is 9.80. The van der Waals surface area contributed by atoms with Gasteiger partial charge in [-0.25, -0.2) is 13.4 Å². The number of nitrogens with zero attached hydrogens (tertiary/aromatic N) is 2. The summed E-state index contributed by atoms with van der Waals surface area (Å²) in [6.07, 6.45) is 7.31. The highest BCUT2D eigenvalue weighted by atomic mass is 32.2. The third-order valence-corrected chi connectivity index (χ3v) is 7.49. The Hall–Kier alpha value is -2.32. The van der Waals surface area contributed by atoms with Crippen molar-refractivity contribution >= 4 is 21.5 Å². The SMILES string of the molecule is O=S(=O)(c1ccc(Nc2ccc3c(c2)OC2(CCCC2)O3)nc1)N1CCCC1. The van der Waals surface area contributed by atoms with E-state index in [2.05, 4.69) is 10.3 Å². The van der Waals surface area contributed by atoms with Crippen LogP contribution in [0.4, 0.5) is 11.5 Å². The Bertz CT molecular complexity index is 979. The largest absolute Gasteiger partial charge is 0.448 e. The highest BCUT2D eigenvalue weighted by Gasteiger charge is 2.44. The molecule has 0 bridgehead atoms. The topological polar surface area (TPSA) is 80.8 Å². The predicted octanol–water partition coefficient (Wildman–Crippen LogP) is 3.65. The van der Waals surface area contributed by atoms with Crippen molar-refractivity contribution in [2.75, 3.05) is 18.4 Å². The van der Waals surface area contributed by atoms with Gasteiger partial charge in [0.15, 0.2) is 11.5 Å². The molecule has 28 heavy (non-hydrogen) atoms. The Morgan fingerprint density at radius 1 is 0.964 bits per heavy atom. The molecule has 1 N–H and O–H groups in total. The molecular formula is C20H23N3O4S. The highest BCUT2D eigenvalue weighted by Crippen LogP contribution is 2.47. The molecule has 1 saturated heterocycles. The summed E-state index contributed by atoms with van der Waals surface area (Å²) in [5.41, 5.74) is 0.819. The predicted molar refractivity (Wildman–Crippen MR) is 104 cm³/mol. The maximum atomic E-state index is 12.6.